The van der Waals surface area contributed by atoms with Crippen LogP contribution in [-0.4, -0.2) is 7.11 Å². The molecule has 1 unspecified atom stereocenters. The molecular weight excluding hydrogens is 328 g/mol. The molecule has 2 aromatic rings. The lowest BCUT2D eigenvalue weighted by Crippen LogP contribution is -2.08. The molecule has 2 aromatic carbocycles. The van der Waals surface area contributed by atoms with Gasteiger partial charge in [0.1, 0.15) is 17.4 Å². The molecule has 0 aromatic heterocycles. The molecule has 0 aliphatic carbocycles. The number of ether oxygens (including phenoxy) is 1. The van der Waals surface area contributed by atoms with E-state index in [0.717, 1.165) is 17.4 Å². The molecule has 0 spiro atoms. The van der Waals surface area contributed by atoms with Crippen molar-refractivity contribution in [3.8, 4) is 5.75 Å². The quantitative estimate of drug-likeness (QED) is 0.798. The van der Waals surface area contributed by atoms with Gasteiger partial charge < -0.3 is 10.1 Å². The Labute approximate surface area is 124 Å². The Morgan fingerprint density at radius 3 is 2.60 bits per heavy atom. The number of benzene rings is 2. The number of halogens is 3. The van der Waals surface area contributed by atoms with E-state index in [9.17, 15) is 8.78 Å². The summed E-state index contributed by atoms with van der Waals surface area (Å²) < 4.78 is 32.3. The third kappa shape index (κ3) is 3.28. The Morgan fingerprint density at radius 2 is 1.90 bits per heavy atom. The average molecular weight is 342 g/mol. The van der Waals surface area contributed by atoms with Gasteiger partial charge in [0.15, 0.2) is 0 Å². The summed E-state index contributed by atoms with van der Waals surface area (Å²) in [5.41, 5.74) is 1.19. The van der Waals surface area contributed by atoms with Crippen LogP contribution >= 0.6 is 15.9 Å². The fourth-order valence-electron chi connectivity index (χ4n) is 1.86. The van der Waals surface area contributed by atoms with Gasteiger partial charge in [-0.25, -0.2) is 8.78 Å². The highest BCUT2D eigenvalue weighted by Gasteiger charge is 2.12. The Kier molecular flexibility index (Phi) is 4.60. The lowest BCUT2D eigenvalue weighted by molar-refractivity contribution is 0.414. The van der Waals surface area contributed by atoms with Crippen LogP contribution in [-0.2, 0) is 0 Å². The lowest BCUT2D eigenvalue weighted by atomic mass is 10.1. The van der Waals surface area contributed by atoms with Crippen molar-refractivity contribution in [1.29, 1.82) is 0 Å². The molecule has 0 aliphatic heterocycles. The molecule has 0 heterocycles. The average Bonchev–Trinajstić information content (AvgIpc) is 2.44. The van der Waals surface area contributed by atoms with Crippen molar-refractivity contribution in [1.82, 2.24) is 0 Å². The van der Waals surface area contributed by atoms with Crippen LogP contribution in [0.2, 0.25) is 0 Å². The molecule has 0 saturated carbocycles. The smallest absolute Gasteiger partial charge is 0.149 e. The maximum atomic E-state index is 13.7. The Hall–Kier alpha value is -1.62. The number of rotatable bonds is 4. The normalized spacial score (nSPS) is 12.1. The standard InChI is InChI=1S/C15H14BrF2NO/c1-9(10-4-3-5-11(6-10)20-2)19-15-7-12(16)13(17)8-14(15)18/h3-9,19H,1-2H3. The van der Waals surface area contributed by atoms with Gasteiger partial charge in [0.2, 0.25) is 0 Å². The predicted octanol–water partition coefficient (Wildman–Crippen LogP) is 4.91. The molecule has 5 heteroatoms. The van der Waals surface area contributed by atoms with Crippen LogP contribution < -0.4 is 10.1 Å². The van der Waals surface area contributed by atoms with Crippen molar-refractivity contribution in [2.45, 2.75) is 13.0 Å². The number of hydrogen-bond acceptors (Lipinski definition) is 2. The van der Waals surface area contributed by atoms with Crippen molar-refractivity contribution in [3.05, 3.63) is 58.1 Å². The van der Waals surface area contributed by atoms with Crippen LogP contribution in [0.3, 0.4) is 0 Å². The third-order valence-corrected chi connectivity index (χ3v) is 3.58. The lowest BCUT2D eigenvalue weighted by Gasteiger charge is -2.17. The van der Waals surface area contributed by atoms with E-state index in [-0.39, 0.29) is 16.2 Å². The highest BCUT2D eigenvalue weighted by Crippen LogP contribution is 2.28. The predicted molar refractivity (Wildman–Crippen MR) is 79.1 cm³/mol. The van der Waals surface area contributed by atoms with E-state index in [0.29, 0.717) is 0 Å². The molecule has 1 N–H and O–H groups in total. The van der Waals surface area contributed by atoms with Gasteiger partial charge in [-0.3, -0.25) is 0 Å². The molecule has 2 rings (SSSR count). The fraction of sp³-hybridized carbons (Fsp3) is 0.200. The SMILES string of the molecule is COc1cccc(C(C)Nc2cc(Br)c(F)cc2F)c1. The molecule has 106 valence electrons. The first-order valence-electron chi connectivity index (χ1n) is 6.06. The monoisotopic (exact) mass is 341 g/mol. The first-order valence-corrected chi connectivity index (χ1v) is 6.85. The first kappa shape index (κ1) is 14.8. The number of methoxy groups -OCH3 is 1. The molecule has 0 amide bonds. The summed E-state index contributed by atoms with van der Waals surface area (Å²) >= 11 is 3.05. The topological polar surface area (TPSA) is 21.3 Å². The largest absolute Gasteiger partial charge is 0.497 e. The third-order valence-electron chi connectivity index (χ3n) is 2.98. The van der Waals surface area contributed by atoms with Crippen LogP contribution in [0, 0.1) is 11.6 Å². The van der Waals surface area contributed by atoms with Gasteiger partial charge >= 0.3 is 0 Å². The van der Waals surface area contributed by atoms with E-state index in [1.165, 1.54) is 6.07 Å². The molecule has 0 aliphatic rings. The second kappa shape index (κ2) is 6.22. The van der Waals surface area contributed by atoms with Crippen LogP contribution in [0.25, 0.3) is 0 Å². The molecule has 1 atom stereocenters. The summed E-state index contributed by atoms with van der Waals surface area (Å²) in [7, 11) is 1.59. The minimum Gasteiger partial charge on any atom is -0.497 e. The van der Waals surface area contributed by atoms with Gasteiger partial charge in [-0.05, 0) is 46.6 Å². The Morgan fingerprint density at radius 1 is 1.15 bits per heavy atom. The zero-order valence-electron chi connectivity index (χ0n) is 11.1. The molecule has 0 fully saturated rings. The van der Waals surface area contributed by atoms with Gasteiger partial charge in [0.05, 0.1) is 17.3 Å². The van der Waals surface area contributed by atoms with Crippen molar-refractivity contribution in [3.63, 3.8) is 0 Å². The molecule has 20 heavy (non-hydrogen) atoms. The second-order valence-corrected chi connectivity index (χ2v) is 5.24. The van der Waals surface area contributed by atoms with E-state index in [4.69, 9.17) is 4.74 Å². The fourth-order valence-corrected chi connectivity index (χ4v) is 2.20. The summed E-state index contributed by atoms with van der Waals surface area (Å²) in [4.78, 5) is 0. The number of nitrogens with one attached hydrogen (secondary N) is 1. The molecule has 0 bridgehead atoms. The molecule has 2 nitrogen and oxygen atoms in total. The summed E-state index contributed by atoms with van der Waals surface area (Å²) in [6.07, 6.45) is 0. The van der Waals surface area contributed by atoms with Crippen LogP contribution in [0.5, 0.6) is 5.75 Å². The van der Waals surface area contributed by atoms with Crippen LogP contribution in [0.1, 0.15) is 18.5 Å². The van der Waals surface area contributed by atoms with Crippen molar-refractivity contribution >= 4 is 21.6 Å². The van der Waals surface area contributed by atoms with E-state index in [2.05, 4.69) is 21.2 Å². The van der Waals surface area contributed by atoms with E-state index >= 15 is 0 Å². The summed E-state index contributed by atoms with van der Waals surface area (Å²) in [5.74, 6) is -0.514. The highest BCUT2D eigenvalue weighted by atomic mass is 79.9. The minimum atomic E-state index is -0.625. The van der Waals surface area contributed by atoms with Gasteiger partial charge in [-0.1, -0.05) is 12.1 Å². The van der Waals surface area contributed by atoms with Gasteiger partial charge in [0, 0.05) is 12.1 Å². The number of hydrogen-bond donors (Lipinski definition) is 1. The Balaban J connectivity index is 2.23. The van der Waals surface area contributed by atoms with E-state index < -0.39 is 11.6 Å². The van der Waals surface area contributed by atoms with E-state index in [1.54, 1.807) is 7.11 Å². The maximum absolute atomic E-state index is 13.7. The second-order valence-electron chi connectivity index (χ2n) is 4.39. The maximum Gasteiger partial charge on any atom is 0.149 e. The van der Waals surface area contributed by atoms with Gasteiger partial charge in [-0.2, -0.15) is 0 Å². The molecule has 0 saturated heterocycles. The van der Waals surface area contributed by atoms with Crippen LogP contribution in [0.4, 0.5) is 14.5 Å². The van der Waals surface area contributed by atoms with Crippen molar-refractivity contribution in [2.24, 2.45) is 0 Å². The molecule has 0 radical (unpaired) electrons. The first-order chi connectivity index (χ1) is 9.51. The van der Waals surface area contributed by atoms with Crippen molar-refractivity contribution in [2.75, 3.05) is 12.4 Å². The van der Waals surface area contributed by atoms with Crippen molar-refractivity contribution < 1.29 is 13.5 Å². The Bertz CT molecular complexity index is 619. The summed E-state index contributed by atoms with van der Waals surface area (Å²) in [6.45, 7) is 1.89. The van der Waals surface area contributed by atoms with E-state index in [1.807, 2.05) is 31.2 Å². The number of anilines is 1. The molecular formula is C15H14BrF2NO. The van der Waals surface area contributed by atoms with Crippen LogP contribution in [0.15, 0.2) is 40.9 Å². The zero-order valence-corrected chi connectivity index (χ0v) is 12.7. The summed E-state index contributed by atoms with van der Waals surface area (Å²) in [5, 5.41) is 3.02. The highest BCUT2D eigenvalue weighted by molar-refractivity contribution is 9.10. The zero-order chi connectivity index (χ0) is 14.7. The summed E-state index contributed by atoms with van der Waals surface area (Å²) in [6, 6.07) is 9.59. The van der Waals surface area contributed by atoms with Gasteiger partial charge in [-0.15, -0.1) is 0 Å². The minimum absolute atomic E-state index is 0.142. The van der Waals surface area contributed by atoms with Gasteiger partial charge in [0.25, 0.3) is 0 Å².